The zero-order valence-electron chi connectivity index (χ0n) is 15.8. The molecule has 2 N–H and O–H groups in total. The first kappa shape index (κ1) is 24.6. The number of nitro benzene ring substituents is 2. The molecule has 0 atom stereocenters. The van der Waals surface area contributed by atoms with Gasteiger partial charge in [0, 0.05) is 34.6 Å². The van der Waals surface area contributed by atoms with E-state index in [1.807, 2.05) is 12.1 Å². The molecule has 13 heteroatoms. The zero-order chi connectivity index (χ0) is 23.8. The van der Waals surface area contributed by atoms with Gasteiger partial charge in [0.25, 0.3) is 11.4 Å². The Bertz CT molecular complexity index is 1120. The maximum atomic E-state index is 10.5. The summed E-state index contributed by atoms with van der Waals surface area (Å²) in [4.78, 5) is 37.6. The van der Waals surface area contributed by atoms with Crippen molar-refractivity contribution in [3.05, 3.63) is 95.2 Å². The average Bonchev–Trinajstić information content (AvgIpc) is 2.76. The number of rotatable bonds is 5. The van der Waals surface area contributed by atoms with Gasteiger partial charge in [-0.15, -0.1) is 0 Å². The highest BCUT2D eigenvalue weighted by atomic mass is 79.9. The molecule has 0 fully saturated rings. The van der Waals surface area contributed by atoms with Crippen LogP contribution in [0.3, 0.4) is 0 Å². The molecular weight excluding hydrogens is 556 g/mol. The number of halogens is 2. The van der Waals surface area contributed by atoms with Crippen LogP contribution < -0.4 is 0 Å². The highest BCUT2D eigenvalue weighted by Crippen LogP contribution is 2.31. The van der Waals surface area contributed by atoms with E-state index in [0.29, 0.717) is 16.1 Å². The molecule has 0 saturated carbocycles. The fraction of sp³-hybridized carbons (Fsp3) is 0. The third-order valence-electron chi connectivity index (χ3n) is 3.63. The maximum absolute atomic E-state index is 10.5. The smallest absolute Gasteiger partial charge is 0.336 e. The van der Waals surface area contributed by atoms with Crippen molar-refractivity contribution >= 4 is 61.1 Å². The minimum absolute atomic E-state index is 0.167. The monoisotopic (exact) mass is 566 g/mol. The van der Waals surface area contributed by atoms with Crippen molar-refractivity contribution in [2.75, 3.05) is 0 Å². The van der Waals surface area contributed by atoms with Crippen molar-refractivity contribution in [1.82, 2.24) is 4.98 Å². The number of hydrogen-bond acceptors (Lipinski definition) is 8. The second-order valence-corrected chi connectivity index (χ2v) is 7.62. The standard InChI is InChI=1S/C12H8Br2N2O.C7H4N2O6/c13-9-4-8(12(17)11(14)5-9)6-16-10-2-1-3-15-7-10;10-7(11)4-1-5(8(12)13)3-6(2-4)9(14)15/h1-7,17H;1-3H,(H,10,11). The van der Waals surface area contributed by atoms with Crippen molar-refractivity contribution in [2.24, 2.45) is 4.99 Å². The molecule has 0 radical (unpaired) electrons. The topological polar surface area (TPSA) is 169 Å². The largest absolute Gasteiger partial charge is 0.506 e. The molecule has 0 aliphatic carbocycles. The summed E-state index contributed by atoms with van der Waals surface area (Å²) in [6, 6.07) is 9.44. The number of aliphatic imine (C=N–C) groups is 1. The number of carbonyl (C=O) groups is 1. The van der Waals surface area contributed by atoms with E-state index in [9.17, 15) is 30.1 Å². The number of hydrogen-bond donors (Lipinski definition) is 2. The minimum atomic E-state index is -1.46. The Labute approximate surface area is 196 Å². The number of benzene rings is 2. The number of phenolic OH excluding ortho intramolecular Hbond substituents is 1. The van der Waals surface area contributed by atoms with Gasteiger partial charge in [0.15, 0.2) is 0 Å². The number of nitrogens with zero attached hydrogens (tertiary/aromatic N) is 4. The molecule has 0 unspecified atom stereocenters. The van der Waals surface area contributed by atoms with E-state index in [0.717, 1.165) is 22.3 Å². The van der Waals surface area contributed by atoms with E-state index in [1.165, 1.54) is 0 Å². The Balaban J connectivity index is 0.000000229. The van der Waals surface area contributed by atoms with Gasteiger partial charge in [-0.1, -0.05) is 15.9 Å². The number of aromatic carboxylic acids is 1. The number of carboxylic acid groups (broad SMARTS) is 1. The lowest BCUT2D eigenvalue weighted by atomic mass is 10.2. The maximum Gasteiger partial charge on any atom is 0.336 e. The van der Waals surface area contributed by atoms with Gasteiger partial charge >= 0.3 is 5.97 Å². The molecule has 1 heterocycles. The lowest BCUT2D eigenvalue weighted by molar-refractivity contribution is -0.394. The normalized spacial score (nSPS) is 10.3. The Hall–Kier alpha value is -3.71. The summed E-state index contributed by atoms with van der Waals surface area (Å²) < 4.78 is 1.49. The Morgan fingerprint density at radius 2 is 1.69 bits per heavy atom. The first-order valence-electron chi connectivity index (χ1n) is 8.37. The number of aromatic hydroxyl groups is 1. The van der Waals surface area contributed by atoms with Crippen molar-refractivity contribution in [2.45, 2.75) is 0 Å². The van der Waals surface area contributed by atoms with E-state index in [2.05, 4.69) is 41.8 Å². The molecule has 0 spiro atoms. The predicted molar refractivity (Wildman–Crippen MR) is 122 cm³/mol. The number of pyridine rings is 1. The highest BCUT2D eigenvalue weighted by molar-refractivity contribution is 9.11. The molecule has 3 aromatic rings. The Morgan fingerprint density at radius 3 is 2.19 bits per heavy atom. The average molecular weight is 568 g/mol. The van der Waals surface area contributed by atoms with Crippen molar-refractivity contribution in [3.63, 3.8) is 0 Å². The van der Waals surface area contributed by atoms with Crippen LogP contribution in [0.1, 0.15) is 15.9 Å². The van der Waals surface area contributed by atoms with Crippen molar-refractivity contribution in [3.8, 4) is 5.75 Å². The second kappa shape index (κ2) is 11.1. The molecule has 164 valence electrons. The van der Waals surface area contributed by atoms with Gasteiger partial charge in [0.1, 0.15) is 5.75 Å². The van der Waals surface area contributed by atoms with Crippen molar-refractivity contribution in [1.29, 1.82) is 0 Å². The van der Waals surface area contributed by atoms with Gasteiger partial charge in [-0.25, -0.2) is 4.79 Å². The molecule has 2 aromatic carbocycles. The van der Waals surface area contributed by atoms with Gasteiger partial charge in [-0.2, -0.15) is 0 Å². The molecule has 32 heavy (non-hydrogen) atoms. The quantitative estimate of drug-likeness (QED) is 0.239. The van der Waals surface area contributed by atoms with Crippen molar-refractivity contribution < 1.29 is 24.9 Å². The fourth-order valence-corrected chi connectivity index (χ4v) is 3.45. The van der Waals surface area contributed by atoms with Crippen LogP contribution >= 0.6 is 31.9 Å². The molecular formula is C19H12Br2N4O7. The van der Waals surface area contributed by atoms with Gasteiger partial charge in [0.05, 0.1) is 37.8 Å². The molecule has 11 nitrogen and oxygen atoms in total. The Morgan fingerprint density at radius 1 is 1.06 bits per heavy atom. The number of phenols is 1. The zero-order valence-corrected chi connectivity index (χ0v) is 18.9. The van der Waals surface area contributed by atoms with E-state index in [4.69, 9.17) is 5.11 Å². The minimum Gasteiger partial charge on any atom is -0.506 e. The highest BCUT2D eigenvalue weighted by Gasteiger charge is 2.19. The van der Waals surface area contributed by atoms with Crippen LogP contribution in [0.2, 0.25) is 0 Å². The first-order valence-corrected chi connectivity index (χ1v) is 9.96. The van der Waals surface area contributed by atoms with Crippen LogP contribution in [0, 0.1) is 20.2 Å². The van der Waals surface area contributed by atoms with Gasteiger partial charge in [-0.05, 0) is 40.2 Å². The van der Waals surface area contributed by atoms with Crippen LogP contribution in [-0.4, -0.2) is 37.2 Å². The van der Waals surface area contributed by atoms with Crippen LogP contribution in [0.25, 0.3) is 0 Å². The molecule has 0 amide bonds. The number of carboxylic acids is 1. The number of non-ortho nitro benzene ring substituents is 2. The number of nitro groups is 2. The summed E-state index contributed by atoms with van der Waals surface area (Å²) in [5.74, 6) is -1.29. The van der Waals surface area contributed by atoms with Gasteiger partial charge < -0.3 is 10.2 Å². The molecule has 0 aliphatic heterocycles. The first-order chi connectivity index (χ1) is 15.1. The van der Waals surface area contributed by atoms with Gasteiger partial charge in [-0.3, -0.25) is 30.2 Å². The summed E-state index contributed by atoms with van der Waals surface area (Å²) in [6.07, 6.45) is 4.94. The van der Waals surface area contributed by atoms with Gasteiger partial charge in [0.2, 0.25) is 0 Å². The molecule has 1 aromatic heterocycles. The second-order valence-electron chi connectivity index (χ2n) is 5.85. The number of aromatic nitrogens is 1. The van der Waals surface area contributed by atoms with E-state index < -0.39 is 32.8 Å². The lowest BCUT2D eigenvalue weighted by Gasteiger charge is -2.02. The predicted octanol–water partition coefficient (Wildman–Crippen LogP) is 5.26. The summed E-state index contributed by atoms with van der Waals surface area (Å²) in [5.41, 5.74) is -0.364. The summed E-state index contributed by atoms with van der Waals surface area (Å²) >= 11 is 6.63. The Kier molecular flexibility index (Phi) is 8.49. The summed E-state index contributed by atoms with van der Waals surface area (Å²) in [5, 5.41) is 39.1. The van der Waals surface area contributed by atoms with E-state index >= 15 is 0 Å². The molecule has 3 rings (SSSR count). The van der Waals surface area contributed by atoms with Crippen LogP contribution in [-0.2, 0) is 0 Å². The van der Waals surface area contributed by atoms with Crippen LogP contribution in [0.4, 0.5) is 17.1 Å². The molecule has 0 bridgehead atoms. The molecule has 0 aliphatic rings. The summed E-state index contributed by atoms with van der Waals surface area (Å²) in [6.45, 7) is 0. The van der Waals surface area contributed by atoms with Crippen LogP contribution in [0.15, 0.2) is 68.8 Å². The summed E-state index contributed by atoms with van der Waals surface area (Å²) in [7, 11) is 0. The third-order valence-corrected chi connectivity index (χ3v) is 4.69. The van der Waals surface area contributed by atoms with E-state index in [-0.39, 0.29) is 5.75 Å². The van der Waals surface area contributed by atoms with Crippen LogP contribution in [0.5, 0.6) is 5.75 Å². The lowest BCUT2D eigenvalue weighted by Crippen LogP contribution is -2.00. The molecule has 0 saturated heterocycles. The van der Waals surface area contributed by atoms with E-state index in [1.54, 1.807) is 30.7 Å². The fourth-order valence-electron chi connectivity index (χ4n) is 2.19. The SMILES string of the molecule is O=C(O)c1cc([N+](=O)[O-])cc([N+](=O)[O-])c1.Oc1c(Br)cc(Br)cc1C=Nc1cccnc1. The third kappa shape index (κ3) is 6.92.